The lowest BCUT2D eigenvalue weighted by atomic mass is 9.96. The maximum absolute atomic E-state index is 11.6. The first kappa shape index (κ1) is 16.9. The Kier molecular flexibility index (Phi) is 5.16. The van der Waals surface area contributed by atoms with Crippen LogP contribution >= 0.6 is 0 Å². The van der Waals surface area contributed by atoms with E-state index in [0.29, 0.717) is 0 Å². The summed E-state index contributed by atoms with van der Waals surface area (Å²) in [5.41, 5.74) is -0.0541. The van der Waals surface area contributed by atoms with E-state index in [-0.39, 0.29) is 5.57 Å². The van der Waals surface area contributed by atoms with Crippen LogP contribution in [0.4, 0.5) is 0 Å². The first-order valence-corrected chi connectivity index (χ1v) is 6.58. The summed E-state index contributed by atoms with van der Waals surface area (Å²) in [7, 11) is 0. The lowest BCUT2D eigenvalue weighted by molar-refractivity contribution is -0.298. The van der Waals surface area contributed by atoms with Crippen molar-refractivity contribution in [1.82, 2.24) is 0 Å². The molecular formula is C13H16O9. The molecule has 0 aromatic heterocycles. The Morgan fingerprint density at radius 2 is 1.77 bits per heavy atom. The van der Waals surface area contributed by atoms with Crippen molar-refractivity contribution in [3.63, 3.8) is 0 Å². The van der Waals surface area contributed by atoms with E-state index in [9.17, 15) is 29.7 Å². The lowest BCUT2D eigenvalue weighted by Gasteiger charge is -2.39. The highest BCUT2D eigenvalue weighted by molar-refractivity contribution is 6.48. The smallest absolute Gasteiger partial charge is 0.222 e. The van der Waals surface area contributed by atoms with Crippen LogP contribution < -0.4 is 0 Å². The van der Waals surface area contributed by atoms with Gasteiger partial charge in [-0.15, -0.1) is 0 Å². The number of carbonyl (C=O) groups excluding carboxylic acids is 3. The van der Waals surface area contributed by atoms with Crippen molar-refractivity contribution in [3.05, 3.63) is 11.6 Å². The van der Waals surface area contributed by atoms with Crippen molar-refractivity contribution in [3.8, 4) is 0 Å². The molecule has 4 N–H and O–H groups in total. The van der Waals surface area contributed by atoms with Gasteiger partial charge in [0, 0.05) is 5.57 Å². The zero-order valence-electron chi connectivity index (χ0n) is 11.4. The normalized spacial score (nSPS) is 36.5. The van der Waals surface area contributed by atoms with Gasteiger partial charge in [-0.25, -0.2) is 0 Å². The van der Waals surface area contributed by atoms with Gasteiger partial charge in [-0.2, -0.15) is 0 Å². The number of ketones is 3. The van der Waals surface area contributed by atoms with Crippen LogP contribution in [-0.2, 0) is 23.9 Å². The van der Waals surface area contributed by atoms with Crippen molar-refractivity contribution < 1.29 is 44.3 Å². The molecule has 0 spiro atoms. The number of Topliss-reactive ketones (excluding diaryl/α,β-unsaturated/α-hetero) is 2. The zero-order valence-corrected chi connectivity index (χ0v) is 11.4. The largest absolute Gasteiger partial charge is 0.394 e. The second-order valence-electron chi connectivity index (χ2n) is 5.07. The van der Waals surface area contributed by atoms with E-state index in [0.717, 1.165) is 6.08 Å². The highest BCUT2D eigenvalue weighted by Gasteiger charge is 2.44. The van der Waals surface area contributed by atoms with Crippen molar-refractivity contribution in [2.75, 3.05) is 13.2 Å². The Morgan fingerprint density at radius 3 is 2.41 bits per heavy atom. The van der Waals surface area contributed by atoms with E-state index in [1.54, 1.807) is 0 Å². The molecule has 1 fully saturated rings. The predicted molar refractivity (Wildman–Crippen MR) is 67.4 cm³/mol. The van der Waals surface area contributed by atoms with Gasteiger partial charge < -0.3 is 29.9 Å². The number of aliphatic hydroxyl groups excluding tert-OH is 4. The number of carbonyl (C=O) groups is 3. The molecular weight excluding hydrogens is 300 g/mol. The summed E-state index contributed by atoms with van der Waals surface area (Å²) in [6, 6.07) is 0. The van der Waals surface area contributed by atoms with E-state index in [1.807, 2.05) is 0 Å². The van der Waals surface area contributed by atoms with E-state index in [4.69, 9.17) is 14.6 Å². The number of hydrogen-bond acceptors (Lipinski definition) is 9. The Hall–Kier alpha value is -1.49. The van der Waals surface area contributed by atoms with Crippen LogP contribution in [0, 0.1) is 0 Å². The van der Waals surface area contributed by atoms with Gasteiger partial charge in [0.2, 0.25) is 11.6 Å². The molecule has 0 amide bonds. The molecule has 1 aliphatic carbocycles. The average molecular weight is 316 g/mol. The molecule has 5 atom stereocenters. The maximum atomic E-state index is 11.6. The molecule has 0 unspecified atom stereocenters. The van der Waals surface area contributed by atoms with Crippen LogP contribution in [0.2, 0.25) is 0 Å². The highest BCUT2D eigenvalue weighted by atomic mass is 16.7. The molecule has 2 rings (SSSR count). The van der Waals surface area contributed by atoms with Gasteiger partial charge in [-0.3, -0.25) is 14.4 Å². The fraction of sp³-hybridized carbons (Fsp3) is 0.615. The molecule has 1 saturated heterocycles. The Morgan fingerprint density at radius 1 is 1.09 bits per heavy atom. The highest BCUT2D eigenvalue weighted by Crippen LogP contribution is 2.23. The lowest BCUT2D eigenvalue weighted by Crippen LogP contribution is -2.59. The van der Waals surface area contributed by atoms with Gasteiger partial charge in [0.15, 0.2) is 12.1 Å². The van der Waals surface area contributed by atoms with Gasteiger partial charge in [-0.05, 0) is 6.08 Å². The third-order valence-corrected chi connectivity index (χ3v) is 3.51. The SMILES string of the molecule is O=C1C=C(CO[C@H]2O[C@H](CO)[C@@H](O)[C@H](O)[C@@H]2O)C(=O)CC1=O. The van der Waals surface area contributed by atoms with E-state index >= 15 is 0 Å². The zero-order chi connectivity index (χ0) is 16.4. The summed E-state index contributed by atoms with van der Waals surface area (Å²) in [4.78, 5) is 33.9. The fourth-order valence-electron chi connectivity index (χ4n) is 2.16. The summed E-state index contributed by atoms with van der Waals surface area (Å²) in [6.45, 7) is -1.03. The van der Waals surface area contributed by atoms with Gasteiger partial charge in [0.05, 0.1) is 19.6 Å². The fourth-order valence-corrected chi connectivity index (χ4v) is 2.16. The molecule has 0 aromatic carbocycles. The summed E-state index contributed by atoms with van der Waals surface area (Å²) in [5, 5.41) is 38.0. The predicted octanol–water partition coefficient (Wildman–Crippen LogP) is -3.16. The average Bonchev–Trinajstić information content (AvgIpc) is 2.49. The van der Waals surface area contributed by atoms with Crippen LogP contribution in [0.5, 0.6) is 0 Å². The van der Waals surface area contributed by atoms with Crippen LogP contribution in [0.1, 0.15) is 6.42 Å². The van der Waals surface area contributed by atoms with Gasteiger partial charge in [-0.1, -0.05) is 0 Å². The number of hydrogen-bond donors (Lipinski definition) is 4. The topological polar surface area (TPSA) is 151 Å². The molecule has 2 aliphatic rings. The van der Waals surface area contributed by atoms with E-state index < -0.39 is 67.7 Å². The molecule has 9 heteroatoms. The van der Waals surface area contributed by atoms with Gasteiger partial charge >= 0.3 is 0 Å². The molecule has 9 nitrogen and oxygen atoms in total. The van der Waals surface area contributed by atoms with Crippen LogP contribution in [-0.4, -0.2) is 81.7 Å². The number of ether oxygens (including phenoxy) is 2. The third-order valence-electron chi connectivity index (χ3n) is 3.51. The minimum atomic E-state index is -1.60. The van der Waals surface area contributed by atoms with Gasteiger partial charge in [0.25, 0.3) is 0 Å². The monoisotopic (exact) mass is 316 g/mol. The second-order valence-corrected chi connectivity index (χ2v) is 5.07. The Bertz CT molecular complexity index is 510. The van der Waals surface area contributed by atoms with Crippen molar-refractivity contribution in [1.29, 1.82) is 0 Å². The van der Waals surface area contributed by atoms with E-state index in [1.165, 1.54) is 0 Å². The molecule has 0 bridgehead atoms. The molecule has 1 heterocycles. The standard InChI is InChI=1S/C13H16O9/c14-3-9-10(18)11(19)12(20)13(22-9)21-4-5-1-7(16)8(17)2-6(5)15/h1,9-14,18-20H,2-4H2/t9-,10-,11+,12+,13+/m1/s1. The van der Waals surface area contributed by atoms with Crippen LogP contribution in [0.15, 0.2) is 11.6 Å². The summed E-state index contributed by atoms with van der Waals surface area (Å²) < 4.78 is 10.2. The van der Waals surface area contributed by atoms with Crippen molar-refractivity contribution in [2.24, 2.45) is 0 Å². The first-order chi connectivity index (χ1) is 10.3. The molecule has 0 saturated carbocycles. The summed E-state index contributed by atoms with van der Waals surface area (Å²) in [6.07, 6.45) is -6.94. The Balaban J connectivity index is 2.01. The number of rotatable bonds is 4. The molecule has 22 heavy (non-hydrogen) atoms. The summed E-state index contributed by atoms with van der Waals surface area (Å²) >= 11 is 0. The van der Waals surface area contributed by atoms with Crippen molar-refractivity contribution >= 4 is 17.3 Å². The minimum absolute atomic E-state index is 0.0541. The molecule has 0 aromatic rings. The third kappa shape index (κ3) is 3.29. The second kappa shape index (κ2) is 6.73. The molecule has 1 aliphatic heterocycles. The number of aliphatic hydroxyl groups is 4. The Labute approximate surface area is 124 Å². The van der Waals surface area contributed by atoms with Crippen LogP contribution in [0.3, 0.4) is 0 Å². The maximum Gasteiger partial charge on any atom is 0.222 e. The van der Waals surface area contributed by atoms with Gasteiger partial charge in [0.1, 0.15) is 24.4 Å². The van der Waals surface area contributed by atoms with Crippen LogP contribution in [0.25, 0.3) is 0 Å². The quantitative estimate of drug-likeness (QED) is 0.311. The summed E-state index contributed by atoms with van der Waals surface area (Å²) in [5.74, 6) is -2.19. The van der Waals surface area contributed by atoms with Crippen molar-refractivity contribution in [2.45, 2.75) is 37.1 Å². The first-order valence-electron chi connectivity index (χ1n) is 6.58. The molecule has 122 valence electrons. The number of allylic oxidation sites excluding steroid dienone is 1. The minimum Gasteiger partial charge on any atom is -0.394 e. The molecule has 0 radical (unpaired) electrons. The van der Waals surface area contributed by atoms with E-state index in [2.05, 4.69) is 0 Å².